The van der Waals surface area contributed by atoms with Crippen molar-refractivity contribution in [2.75, 3.05) is 13.1 Å². The SMILES string of the molecule is CC(C/C(N)=N/O)N1CCC2(CC2)C1. The molecule has 1 heterocycles. The summed E-state index contributed by atoms with van der Waals surface area (Å²) in [6, 6.07) is 0.408. The zero-order valence-electron chi connectivity index (χ0n) is 8.74. The van der Waals surface area contributed by atoms with Crippen molar-refractivity contribution in [3.8, 4) is 0 Å². The van der Waals surface area contributed by atoms with Gasteiger partial charge in [0.15, 0.2) is 0 Å². The molecule has 80 valence electrons. The summed E-state index contributed by atoms with van der Waals surface area (Å²) in [5.74, 6) is 0.342. The molecular formula is C10H19N3O. The molecule has 0 amide bonds. The van der Waals surface area contributed by atoms with E-state index in [2.05, 4.69) is 17.0 Å². The summed E-state index contributed by atoms with van der Waals surface area (Å²) in [7, 11) is 0. The summed E-state index contributed by atoms with van der Waals surface area (Å²) >= 11 is 0. The topological polar surface area (TPSA) is 61.9 Å². The van der Waals surface area contributed by atoms with Gasteiger partial charge in [-0.1, -0.05) is 5.16 Å². The van der Waals surface area contributed by atoms with Crippen molar-refractivity contribution in [3.05, 3.63) is 0 Å². The fourth-order valence-electron chi connectivity index (χ4n) is 2.40. The van der Waals surface area contributed by atoms with Crippen LogP contribution in [0, 0.1) is 5.41 Å². The lowest BCUT2D eigenvalue weighted by Gasteiger charge is -2.23. The molecule has 1 saturated carbocycles. The maximum Gasteiger partial charge on any atom is 0.140 e. The monoisotopic (exact) mass is 197 g/mol. The number of rotatable bonds is 3. The lowest BCUT2D eigenvalue weighted by molar-refractivity contribution is 0.248. The highest BCUT2D eigenvalue weighted by Crippen LogP contribution is 2.53. The Labute approximate surface area is 84.8 Å². The standard InChI is InChI=1S/C10H19N3O/c1-8(6-9(11)12-14)13-5-4-10(7-13)2-3-10/h8,14H,2-7H2,1H3,(H2,11,12). The third-order valence-electron chi connectivity index (χ3n) is 3.68. The number of oxime groups is 1. The second kappa shape index (κ2) is 3.42. The van der Waals surface area contributed by atoms with Crippen molar-refractivity contribution in [2.24, 2.45) is 16.3 Å². The van der Waals surface area contributed by atoms with E-state index in [0.717, 1.165) is 0 Å². The van der Waals surface area contributed by atoms with Gasteiger partial charge >= 0.3 is 0 Å². The molecule has 1 aliphatic heterocycles. The molecule has 2 aliphatic rings. The minimum atomic E-state index is 0.342. The molecule has 14 heavy (non-hydrogen) atoms. The molecule has 0 aromatic carbocycles. The van der Waals surface area contributed by atoms with Crippen molar-refractivity contribution in [2.45, 2.75) is 38.6 Å². The highest BCUT2D eigenvalue weighted by atomic mass is 16.4. The van der Waals surface area contributed by atoms with Gasteiger partial charge < -0.3 is 10.9 Å². The largest absolute Gasteiger partial charge is 0.409 e. The molecule has 0 radical (unpaired) electrons. The normalized spacial score (nSPS) is 28.2. The summed E-state index contributed by atoms with van der Waals surface area (Å²) in [6.07, 6.45) is 4.82. The van der Waals surface area contributed by atoms with Gasteiger partial charge in [-0.2, -0.15) is 0 Å². The van der Waals surface area contributed by atoms with E-state index in [9.17, 15) is 0 Å². The molecule has 4 heteroatoms. The van der Waals surface area contributed by atoms with Crippen LogP contribution >= 0.6 is 0 Å². The first-order valence-corrected chi connectivity index (χ1v) is 5.36. The third kappa shape index (κ3) is 1.85. The molecule has 1 aliphatic carbocycles. The predicted octanol–water partition coefficient (Wildman–Crippen LogP) is 0.997. The van der Waals surface area contributed by atoms with Crippen molar-refractivity contribution in [1.82, 2.24) is 4.90 Å². The van der Waals surface area contributed by atoms with E-state index in [1.165, 1.54) is 32.4 Å². The predicted molar refractivity (Wildman–Crippen MR) is 55.3 cm³/mol. The number of likely N-dealkylation sites (tertiary alicyclic amines) is 1. The average Bonchev–Trinajstić information content (AvgIpc) is 2.76. The summed E-state index contributed by atoms with van der Waals surface area (Å²) < 4.78 is 0. The molecule has 4 nitrogen and oxygen atoms in total. The van der Waals surface area contributed by atoms with Crippen LogP contribution in [-0.2, 0) is 0 Å². The van der Waals surface area contributed by atoms with Crippen LogP contribution in [-0.4, -0.2) is 35.1 Å². The van der Waals surface area contributed by atoms with Gasteiger partial charge in [0, 0.05) is 19.0 Å². The Morgan fingerprint density at radius 3 is 2.79 bits per heavy atom. The van der Waals surface area contributed by atoms with E-state index in [1.807, 2.05) is 0 Å². The van der Waals surface area contributed by atoms with Crippen LogP contribution < -0.4 is 5.73 Å². The Bertz CT molecular complexity index is 248. The molecule has 1 spiro atoms. The summed E-state index contributed by atoms with van der Waals surface area (Å²) in [6.45, 7) is 4.55. The molecule has 3 N–H and O–H groups in total. The quantitative estimate of drug-likeness (QED) is 0.307. The summed E-state index contributed by atoms with van der Waals surface area (Å²) in [5.41, 5.74) is 6.16. The van der Waals surface area contributed by atoms with Crippen LogP contribution in [0.4, 0.5) is 0 Å². The van der Waals surface area contributed by atoms with Gasteiger partial charge in [-0.05, 0) is 38.1 Å². The van der Waals surface area contributed by atoms with Gasteiger partial charge in [-0.3, -0.25) is 4.90 Å². The Hall–Kier alpha value is -0.770. The van der Waals surface area contributed by atoms with Gasteiger partial charge in [-0.25, -0.2) is 0 Å². The summed E-state index contributed by atoms with van der Waals surface area (Å²) in [4.78, 5) is 2.46. The average molecular weight is 197 g/mol. The molecule has 0 aromatic heterocycles. The van der Waals surface area contributed by atoms with Crippen molar-refractivity contribution in [1.29, 1.82) is 0 Å². The van der Waals surface area contributed by atoms with E-state index >= 15 is 0 Å². The number of hydrogen-bond acceptors (Lipinski definition) is 3. The number of hydrogen-bond donors (Lipinski definition) is 2. The first-order chi connectivity index (χ1) is 6.65. The van der Waals surface area contributed by atoms with E-state index < -0.39 is 0 Å². The van der Waals surface area contributed by atoms with Crippen LogP contribution in [0.15, 0.2) is 5.16 Å². The van der Waals surface area contributed by atoms with Gasteiger partial charge in [0.25, 0.3) is 0 Å². The van der Waals surface area contributed by atoms with E-state index in [1.54, 1.807) is 0 Å². The lowest BCUT2D eigenvalue weighted by Crippen LogP contribution is -2.34. The van der Waals surface area contributed by atoms with Crippen LogP contribution in [0.5, 0.6) is 0 Å². The van der Waals surface area contributed by atoms with E-state index in [-0.39, 0.29) is 0 Å². The van der Waals surface area contributed by atoms with Crippen LogP contribution in [0.25, 0.3) is 0 Å². The number of amidine groups is 1. The second-order valence-corrected chi connectivity index (χ2v) is 4.86. The Balaban J connectivity index is 1.83. The Kier molecular flexibility index (Phi) is 2.39. The van der Waals surface area contributed by atoms with E-state index in [0.29, 0.717) is 23.7 Å². The minimum absolute atomic E-state index is 0.342. The molecule has 2 fully saturated rings. The minimum Gasteiger partial charge on any atom is -0.409 e. The van der Waals surface area contributed by atoms with Crippen molar-refractivity contribution < 1.29 is 5.21 Å². The third-order valence-corrected chi connectivity index (χ3v) is 3.68. The second-order valence-electron chi connectivity index (χ2n) is 4.86. The van der Waals surface area contributed by atoms with Gasteiger partial charge in [0.2, 0.25) is 0 Å². The van der Waals surface area contributed by atoms with Crippen LogP contribution in [0.1, 0.15) is 32.6 Å². The highest BCUT2D eigenvalue weighted by Gasteiger charge is 2.48. The summed E-state index contributed by atoms with van der Waals surface area (Å²) in [5, 5.41) is 11.5. The highest BCUT2D eigenvalue weighted by molar-refractivity contribution is 5.80. The smallest absolute Gasteiger partial charge is 0.140 e. The van der Waals surface area contributed by atoms with Gasteiger partial charge in [-0.15, -0.1) is 0 Å². The molecule has 1 saturated heterocycles. The van der Waals surface area contributed by atoms with Crippen molar-refractivity contribution in [3.63, 3.8) is 0 Å². The first-order valence-electron chi connectivity index (χ1n) is 5.36. The Morgan fingerprint density at radius 1 is 1.57 bits per heavy atom. The maximum absolute atomic E-state index is 8.49. The van der Waals surface area contributed by atoms with Gasteiger partial charge in [0.05, 0.1) is 0 Å². The van der Waals surface area contributed by atoms with Gasteiger partial charge in [0.1, 0.15) is 5.84 Å². The molecule has 2 rings (SSSR count). The van der Waals surface area contributed by atoms with Crippen LogP contribution in [0.3, 0.4) is 0 Å². The zero-order chi connectivity index (χ0) is 10.2. The fraction of sp³-hybridized carbons (Fsp3) is 0.900. The lowest BCUT2D eigenvalue weighted by atomic mass is 10.1. The number of nitrogens with zero attached hydrogens (tertiary/aromatic N) is 2. The molecule has 1 atom stereocenters. The molecule has 1 unspecified atom stereocenters. The molecule has 0 aromatic rings. The fourth-order valence-corrected chi connectivity index (χ4v) is 2.40. The van der Waals surface area contributed by atoms with Crippen LogP contribution in [0.2, 0.25) is 0 Å². The molecule has 0 bridgehead atoms. The first kappa shape index (κ1) is 9.77. The molecular weight excluding hydrogens is 178 g/mol. The number of nitrogens with two attached hydrogens (primary N) is 1. The Morgan fingerprint density at radius 2 is 2.29 bits per heavy atom. The zero-order valence-corrected chi connectivity index (χ0v) is 8.74. The van der Waals surface area contributed by atoms with Crippen molar-refractivity contribution >= 4 is 5.84 Å². The maximum atomic E-state index is 8.49. The van der Waals surface area contributed by atoms with E-state index in [4.69, 9.17) is 10.9 Å².